The van der Waals surface area contributed by atoms with E-state index in [0.717, 1.165) is 29.7 Å². The molecule has 37 heavy (non-hydrogen) atoms. The number of aliphatic hydroxyl groups is 1. The number of likely N-dealkylation sites (tertiary alicyclic amines) is 1. The monoisotopic (exact) mass is 508 g/mol. The first-order valence-electron chi connectivity index (χ1n) is 13.4. The summed E-state index contributed by atoms with van der Waals surface area (Å²) in [5.41, 5.74) is 1.59. The number of ether oxygens (including phenoxy) is 2. The molecule has 5 atom stereocenters. The minimum atomic E-state index is -1.24. The zero-order valence-corrected chi connectivity index (χ0v) is 21.6. The maximum atomic E-state index is 14.4. The molecule has 0 saturated carbocycles. The molecule has 4 aliphatic heterocycles. The highest BCUT2D eigenvalue weighted by atomic mass is 16.6. The fraction of sp³-hybridized carbons (Fsp3) is 0.552. The Bertz CT molecular complexity index is 1130. The van der Waals surface area contributed by atoms with Gasteiger partial charge in [-0.15, -0.1) is 0 Å². The molecule has 2 fully saturated rings. The van der Waals surface area contributed by atoms with Gasteiger partial charge in [0, 0.05) is 25.4 Å². The van der Waals surface area contributed by atoms with Crippen LogP contribution in [0.25, 0.3) is 0 Å². The predicted molar refractivity (Wildman–Crippen MR) is 138 cm³/mol. The van der Waals surface area contributed by atoms with Gasteiger partial charge >= 0.3 is 5.97 Å². The Morgan fingerprint density at radius 2 is 1.86 bits per heavy atom. The van der Waals surface area contributed by atoms with Gasteiger partial charge in [-0.25, -0.2) is 0 Å². The number of fused-ring (bicyclic) bond motifs is 2. The third-order valence-corrected chi connectivity index (χ3v) is 8.08. The first kappa shape index (κ1) is 25.7. The second kappa shape index (κ2) is 10.4. The Kier molecular flexibility index (Phi) is 7.23. The highest BCUT2D eigenvalue weighted by Crippen LogP contribution is 2.53. The lowest BCUT2D eigenvalue weighted by Gasteiger charge is -2.35. The summed E-state index contributed by atoms with van der Waals surface area (Å²) in [6, 6.07) is 5.13. The lowest BCUT2D eigenvalue weighted by Crippen LogP contribution is -2.55. The van der Waals surface area contributed by atoms with Gasteiger partial charge in [0.15, 0.2) is 0 Å². The molecule has 1 aromatic carbocycles. The fourth-order valence-corrected chi connectivity index (χ4v) is 6.32. The SMILES string of the molecule is Cc1ccc(C)c(N2CC=C[C@]34O[C@H]5C=CCCOC(=O)[C@H]5[C@H]3C(=O)N(CCCCCCO)C4C2=O)c1. The number of amides is 2. The van der Waals surface area contributed by atoms with Crippen molar-refractivity contribution >= 4 is 23.5 Å². The smallest absolute Gasteiger partial charge is 0.312 e. The number of benzene rings is 1. The summed E-state index contributed by atoms with van der Waals surface area (Å²) in [5.74, 6) is -2.49. The minimum Gasteiger partial charge on any atom is -0.465 e. The molecule has 8 heteroatoms. The van der Waals surface area contributed by atoms with E-state index in [-0.39, 0.29) is 25.0 Å². The molecule has 0 bridgehead atoms. The van der Waals surface area contributed by atoms with E-state index in [0.29, 0.717) is 32.4 Å². The van der Waals surface area contributed by atoms with Gasteiger partial charge in [-0.2, -0.15) is 0 Å². The average molecular weight is 509 g/mol. The maximum Gasteiger partial charge on any atom is 0.312 e. The number of aryl methyl sites for hydroxylation is 2. The number of unbranched alkanes of at least 4 members (excludes halogenated alkanes) is 3. The molecule has 0 radical (unpaired) electrons. The van der Waals surface area contributed by atoms with Crippen molar-refractivity contribution in [3.63, 3.8) is 0 Å². The maximum absolute atomic E-state index is 14.4. The highest BCUT2D eigenvalue weighted by Gasteiger charge is 2.71. The van der Waals surface area contributed by atoms with Crippen molar-refractivity contribution in [2.75, 3.05) is 31.2 Å². The molecule has 8 nitrogen and oxygen atoms in total. The van der Waals surface area contributed by atoms with E-state index in [1.807, 2.05) is 56.4 Å². The van der Waals surface area contributed by atoms with Crippen molar-refractivity contribution in [2.24, 2.45) is 11.8 Å². The van der Waals surface area contributed by atoms with E-state index in [9.17, 15) is 14.4 Å². The summed E-state index contributed by atoms with van der Waals surface area (Å²) in [5, 5.41) is 9.12. The number of rotatable bonds is 7. The number of nitrogens with zero attached hydrogens (tertiary/aromatic N) is 2. The van der Waals surface area contributed by atoms with Gasteiger partial charge in [-0.1, -0.05) is 49.3 Å². The van der Waals surface area contributed by atoms with Crippen molar-refractivity contribution in [1.82, 2.24) is 4.90 Å². The Morgan fingerprint density at radius 3 is 2.68 bits per heavy atom. The Hall–Kier alpha value is -2.97. The highest BCUT2D eigenvalue weighted by molar-refractivity contribution is 6.05. The topological polar surface area (TPSA) is 96.4 Å². The van der Waals surface area contributed by atoms with E-state index in [4.69, 9.17) is 14.6 Å². The lowest BCUT2D eigenvalue weighted by atomic mass is 9.77. The summed E-state index contributed by atoms with van der Waals surface area (Å²) in [4.78, 5) is 45.0. The molecule has 1 unspecified atom stereocenters. The Morgan fingerprint density at radius 1 is 1.05 bits per heavy atom. The number of esters is 1. The Labute approximate surface area is 217 Å². The van der Waals surface area contributed by atoms with E-state index in [1.165, 1.54) is 0 Å². The summed E-state index contributed by atoms with van der Waals surface area (Å²) < 4.78 is 12.1. The molecule has 1 aromatic rings. The number of aliphatic hydroxyl groups excluding tert-OH is 1. The first-order valence-corrected chi connectivity index (χ1v) is 13.4. The van der Waals surface area contributed by atoms with Gasteiger partial charge in [0.05, 0.1) is 18.6 Å². The van der Waals surface area contributed by atoms with Crippen LogP contribution in [-0.4, -0.2) is 71.8 Å². The van der Waals surface area contributed by atoms with Crippen molar-refractivity contribution in [3.05, 3.63) is 53.6 Å². The zero-order valence-electron chi connectivity index (χ0n) is 21.6. The van der Waals surface area contributed by atoms with Gasteiger partial charge in [-0.3, -0.25) is 14.4 Å². The third kappa shape index (κ3) is 4.40. The van der Waals surface area contributed by atoms with Crippen molar-refractivity contribution < 1.29 is 29.0 Å². The molecule has 5 rings (SSSR count). The largest absolute Gasteiger partial charge is 0.465 e. The van der Waals surface area contributed by atoms with Crippen LogP contribution in [-0.2, 0) is 23.9 Å². The molecule has 0 aliphatic carbocycles. The molecule has 4 heterocycles. The van der Waals surface area contributed by atoms with Crippen LogP contribution in [0.3, 0.4) is 0 Å². The van der Waals surface area contributed by atoms with Crippen LogP contribution in [0.1, 0.15) is 43.2 Å². The number of cyclic esters (lactones) is 1. The molecule has 4 aliphatic rings. The lowest BCUT2D eigenvalue weighted by molar-refractivity contribution is -0.154. The molecule has 2 saturated heterocycles. The van der Waals surface area contributed by atoms with Gasteiger partial charge < -0.3 is 24.4 Å². The number of hydrogen-bond donors (Lipinski definition) is 1. The van der Waals surface area contributed by atoms with Crippen molar-refractivity contribution in [2.45, 2.75) is 63.7 Å². The summed E-state index contributed by atoms with van der Waals surface area (Å²) in [6.45, 7) is 5.11. The van der Waals surface area contributed by atoms with Crippen LogP contribution in [0.15, 0.2) is 42.5 Å². The number of carbonyl (C=O) groups excluding carboxylic acids is 3. The standard InChI is InChI=1S/C29H36N2O6/c1-19-11-12-20(2)21(18-19)30-15-9-13-29-24(23-22(37-29)10-5-8-17-36-28(23)35)26(33)31(25(29)27(30)34)14-6-3-4-7-16-32/h5,9-13,18,22-25,32H,3-4,6-8,14-17H2,1-2H3/t22-,23+,24-,25?,29-/m0/s1. The van der Waals surface area contributed by atoms with Gasteiger partial charge in [0.2, 0.25) is 5.91 Å². The van der Waals surface area contributed by atoms with Crippen LogP contribution in [0.4, 0.5) is 5.69 Å². The molecule has 2 amide bonds. The van der Waals surface area contributed by atoms with Gasteiger partial charge in [0.1, 0.15) is 17.6 Å². The van der Waals surface area contributed by atoms with Crippen molar-refractivity contribution in [1.29, 1.82) is 0 Å². The van der Waals surface area contributed by atoms with E-state index in [2.05, 4.69) is 0 Å². The molecular weight excluding hydrogens is 472 g/mol. The molecule has 198 valence electrons. The predicted octanol–water partition coefficient (Wildman–Crippen LogP) is 2.84. The quantitative estimate of drug-likeness (QED) is 0.346. The van der Waals surface area contributed by atoms with Crippen molar-refractivity contribution in [3.8, 4) is 0 Å². The van der Waals surface area contributed by atoms with E-state index < -0.39 is 35.6 Å². The minimum absolute atomic E-state index is 0.136. The van der Waals surface area contributed by atoms with E-state index >= 15 is 0 Å². The van der Waals surface area contributed by atoms with Gasteiger partial charge in [-0.05, 0) is 50.3 Å². The van der Waals surface area contributed by atoms with Crippen LogP contribution in [0.5, 0.6) is 0 Å². The van der Waals surface area contributed by atoms with Crippen LogP contribution in [0, 0.1) is 25.7 Å². The molecule has 1 N–H and O–H groups in total. The van der Waals surface area contributed by atoms with Gasteiger partial charge in [0.25, 0.3) is 5.91 Å². The second-order valence-corrected chi connectivity index (χ2v) is 10.5. The number of anilines is 1. The van der Waals surface area contributed by atoms with Crippen LogP contribution in [0.2, 0.25) is 0 Å². The third-order valence-electron chi connectivity index (χ3n) is 8.08. The number of hydrogen-bond acceptors (Lipinski definition) is 6. The number of carbonyl (C=O) groups is 3. The first-order chi connectivity index (χ1) is 17.9. The molecule has 1 spiro atoms. The zero-order chi connectivity index (χ0) is 26.2. The average Bonchev–Trinajstić information content (AvgIpc) is 3.24. The van der Waals surface area contributed by atoms with E-state index in [1.54, 1.807) is 9.80 Å². The van der Waals surface area contributed by atoms with Crippen LogP contribution >= 0.6 is 0 Å². The molecular formula is C29H36N2O6. The Balaban J connectivity index is 1.55. The summed E-state index contributed by atoms with van der Waals surface area (Å²) >= 11 is 0. The summed E-state index contributed by atoms with van der Waals surface area (Å²) in [6.07, 6.45) is 10.6. The second-order valence-electron chi connectivity index (χ2n) is 10.5. The fourth-order valence-electron chi connectivity index (χ4n) is 6.32. The normalized spacial score (nSPS) is 30.9. The van der Waals surface area contributed by atoms with Crippen LogP contribution < -0.4 is 4.90 Å². The molecule has 0 aromatic heterocycles. The summed E-state index contributed by atoms with van der Waals surface area (Å²) in [7, 11) is 0.